The number of hydrogen-bond acceptors (Lipinski definition) is 6. The van der Waals surface area contributed by atoms with E-state index in [2.05, 4.69) is 25.1 Å². The Kier molecular flexibility index (Phi) is 5.97. The quantitative estimate of drug-likeness (QED) is 0.699. The van der Waals surface area contributed by atoms with Crippen molar-refractivity contribution in [3.05, 3.63) is 73.2 Å². The van der Waals surface area contributed by atoms with Gasteiger partial charge in [0.2, 0.25) is 5.91 Å². The van der Waals surface area contributed by atoms with Crippen molar-refractivity contribution in [2.24, 2.45) is 0 Å². The first-order valence-electron chi connectivity index (χ1n) is 9.63. The Hall–Kier alpha value is -3.45. The van der Waals surface area contributed by atoms with Gasteiger partial charge in [0.1, 0.15) is 11.6 Å². The molecule has 1 aliphatic heterocycles. The Morgan fingerprint density at radius 2 is 1.72 bits per heavy atom. The summed E-state index contributed by atoms with van der Waals surface area (Å²) in [6.07, 6.45) is 5.14. The molecular formula is C22H23N5O2. The molecule has 2 heterocycles. The molecule has 0 bridgehead atoms. The monoisotopic (exact) mass is 389 g/mol. The van der Waals surface area contributed by atoms with Crippen molar-refractivity contribution < 1.29 is 9.53 Å². The molecule has 1 aliphatic rings. The molecule has 0 atom stereocenters. The molecule has 1 N–H and O–H groups in total. The van der Waals surface area contributed by atoms with Crippen molar-refractivity contribution in [3.8, 4) is 11.5 Å². The highest BCUT2D eigenvalue weighted by atomic mass is 16.5. The van der Waals surface area contributed by atoms with Gasteiger partial charge in [0.15, 0.2) is 5.75 Å². The Bertz CT molecular complexity index is 928. The number of nitrogens with one attached hydrogen (secondary N) is 1. The summed E-state index contributed by atoms with van der Waals surface area (Å²) >= 11 is 0. The van der Waals surface area contributed by atoms with E-state index in [4.69, 9.17) is 4.74 Å². The minimum absolute atomic E-state index is 0.0536. The lowest BCUT2D eigenvalue weighted by atomic mass is 10.2. The summed E-state index contributed by atoms with van der Waals surface area (Å²) in [5.41, 5.74) is 0.666. The number of carbonyl (C=O) groups excluding carboxylic acids is 1. The van der Waals surface area contributed by atoms with Crippen LogP contribution in [0.1, 0.15) is 0 Å². The number of piperazine rings is 1. The summed E-state index contributed by atoms with van der Waals surface area (Å²) in [5.74, 6) is 2.18. The van der Waals surface area contributed by atoms with Crippen molar-refractivity contribution in [1.82, 2.24) is 14.9 Å². The van der Waals surface area contributed by atoms with Gasteiger partial charge < -0.3 is 15.0 Å². The molecule has 3 aromatic rings. The van der Waals surface area contributed by atoms with Crippen LogP contribution in [-0.4, -0.2) is 53.5 Å². The molecule has 148 valence electrons. The van der Waals surface area contributed by atoms with Crippen LogP contribution >= 0.6 is 0 Å². The number of nitrogens with zero attached hydrogens (tertiary/aromatic N) is 4. The Morgan fingerprint density at radius 1 is 0.966 bits per heavy atom. The molecule has 0 unspecified atom stereocenters. The first kappa shape index (κ1) is 18.9. The predicted octanol–water partition coefficient (Wildman–Crippen LogP) is 3.03. The number of carbonyl (C=O) groups is 1. The molecule has 7 heteroatoms. The molecule has 4 rings (SSSR count). The highest BCUT2D eigenvalue weighted by molar-refractivity contribution is 5.93. The summed E-state index contributed by atoms with van der Waals surface area (Å²) < 4.78 is 5.92. The average Bonchev–Trinajstić information content (AvgIpc) is 2.77. The number of hydrogen-bond donors (Lipinski definition) is 1. The molecular weight excluding hydrogens is 366 g/mol. The zero-order chi connectivity index (χ0) is 19.9. The number of para-hydroxylation sites is 3. The summed E-state index contributed by atoms with van der Waals surface area (Å²) in [6, 6.07) is 17.0. The van der Waals surface area contributed by atoms with Gasteiger partial charge in [-0.15, -0.1) is 0 Å². The van der Waals surface area contributed by atoms with Crippen molar-refractivity contribution in [3.63, 3.8) is 0 Å². The fraction of sp³-hybridized carbons (Fsp3) is 0.227. The van der Waals surface area contributed by atoms with Crippen LogP contribution in [0.15, 0.2) is 73.2 Å². The van der Waals surface area contributed by atoms with Gasteiger partial charge >= 0.3 is 0 Å². The Balaban J connectivity index is 1.31. The summed E-state index contributed by atoms with van der Waals surface area (Å²) in [4.78, 5) is 25.4. The smallest absolute Gasteiger partial charge is 0.238 e. The topological polar surface area (TPSA) is 70.6 Å². The van der Waals surface area contributed by atoms with Crippen LogP contribution in [0.5, 0.6) is 11.5 Å². The number of benzene rings is 2. The van der Waals surface area contributed by atoms with Gasteiger partial charge in [-0.3, -0.25) is 14.7 Å². The molecule has 1 fully saturated rings. The summed E-state index contributed by atoms with van der Waals surface area (Å²) in [5, 5.41) is 2.98. The van der Waals surface area contributed by atoms with E-state index in [1.165, 1.54) is 0 Å². The lowest BCUT2D eigenvalue weighted by Gasteiger charge is -2.34. The average molecular weight is 389 g/mol. The molecule has 1 saturated heterocycles. The maximum atomic E-state index is 12.6. The molecule has 0 radical (unpaired) electrons. The third kappa shape index (κ3) is 5.08. The molecule has 1 amide bonds. The van der Waals surface area contributed by atoms with E-state index >= 15 is 0 Å². The molecule has 0 aliphatic carbocycles. The fourth-order valence-electron chi connectivity index (χ4n) is 3.26. The molecule has 0 saturated carbocycles. The van der Waals surface area contributed by atoms with Gasteiger partial charge in [0, 0.05) is 38.6 Å². The van der Waals surface area contributed by atoms with Gasteiger partial charge in [0.25, 0.3) is 0 Å². The predicted molar refractivity (Wildman–Crippen MR) is 112 cm³/mol. The zero-order valence-corrected chi connectivity index (χ0v) is 16.1. The first-order chi connectivity index (χ1) is 14.3. The second-order valence-electron chi connectivity index (χ2n) is 6.79. The third-order valence-electron chi connectivity index (χ3n) is 4.75. The van der Waals surface area contributed by atoms with Gasteiger partial charge in [0.05, 0.1) is 18.4 Å². The van der Waals surface area contributed by atoms with Crippen LogP contribution in [0.4, 0.5) is 11.5 Å². The number of aromatic nitrogens is 2. The van der Waals surface area contributed by atoms with Crippen molar-refractivity contribution in [2.45, 2.75) is 0 Å². The van der Waals surface area contributed by atoms with Crippen LogP contribution in [0.2, 0.25) is 0 Å². The van der Waals surface area contributed by atoms with E-state index in [1.54, 1.807) is 18.6 Å². The highest BCUT2D eigenvalue weighted by Gasteiger charge is 2.20. The normalized spacial score (nSPS) is 14.4. The van der Waals surface area contributed by atoms with Crippen LogP contribution in [0.25, 0.3) is 0 Å². The second-order valence-corrected chi connectivity index (χ2v) is 6.79. The second kappa shape index (κ2) is 9.16. The third-order valence-corrected chi connectivity index (χ3v) is 4.75. The standard InChI is InChI=1S/C22H23N5O2/c28-22(17-26-12-14-27(15-13-26)21-16-23-10-11-24-21)25-19-8-4-5-9-20(19)29-18-6-2-1-3-7-18/h1-11,16H,12-15,17H2,(H,25,28). The first-order valence-corrected chi connectivity index (χ1v) is 9.63. The van der Waals surface area contributed by atoms with Crippen LogP contribution in [-0.2, 0) is 4.79 Å². The highest BCUT2D eigenvalue weighted by Crippen LogP contribution is 2.29. The minimum atomic E-state index is -0.0536. The van der Waals surface area contributed by atoms with E-state index in [-0.39, 0.29) is 5.91 Å². The van der Waals surface area contributed by atoms with Gasteiger partial charge in [-0.05, 0) is 24.3 Å². The van der Waals surface area contributed by atoms with E-state index < -0.39 is 0 Å². The zero-order valence-electron chi connectivity index (χ0n) is 16.1. The fourth-order valence-corrected chi connectivity index (χ4v) is 3.26. The van der Waals surface area contributed by atoms with Crippen LogP contribution in [0.3, 0.4) is 0 Å². The van der Waals surface area contributed by atoms with E-state index in [9.17, 15) is 4.79 Å². The SMILES string of the molecule is O=C(CN1CCN(c2cnccn2)CC1)Nc1ccccc1Oc1ccccc1. The lowest BCUT2D eigenvalue weighted by Crippen LogP contribution is -2.49. The van der Waals surface area contributed by atoms with Crippen molar-refractivity contribution in [1.29, 1.82) is 0 Å². The number of ether oxygens (including phenoxy) is 1. The summed E-state index contributed by atoms with van der Waals surface area (Å²) in [6.45, 7) is 3.58. The Morgan fingerprint density at radius 3 is 2.48 bits per heavy atom. The van der Waals surface area contributed by atoms with Crippen molar-refractivity contribution in [2.75, 3.05) is 42.9 Å². The maximum absolute atomic E-state index is 12.6. The van der Waals surface area contributed by atoms with Gasteiger partial charge in [-0.2, -0.15) is 0 Å². The van der Waals surface area contributed by atoms with Gasteiger partial charge in [-0.25, -0.2) is 4.98 Å². The van der Waals surface area contributed by atoms with E-state index in [1.807, 2.05) is 54.6 Å². The number of anilines is 2. The molecule has 7 nitrogen and oxygen atoms in total. The lowest BCUT2D eigenvalue weighted by molar-refractivity contribution is -0.117. The molecule has 2 aromatic carbocycles. The number of rotatable bonds is 6. The van der Waals surface area contributed by atoms with E-state index in [0.717, 1.165) is 37.7 Å². The van der Waals surface area contributed by atoms with E-state index in [0.29, 0.717) is 18.0 Å². The largest absolute Gasteiger partial charge is 0.455 e. The molecule has 29 heavy (non-hydrogen) atoms. The maximum Gasteiger partial charge on any atom is 0.238 e. The van der Waals surface area contributed by atoms with Crippen LogP contribution in [0, 0.1) is 0 Å². The molecule has 0 spiro atoms. The Labute approximate surface area is 170 Å². The van der Waals surface area contributed by atoms with Crippen LogP contribution < -0.4 is 15.0 Å². The molecule has 1 aromatic heterocycles. The number of amides is 1. The minimum Gasteiger partial charge on any atom is -0.455 e. The summed E-state index contributed by atoms with van der Waals surface area (Å²) in [7, 11) is 0. The van der Waals surface area contributed by atoms with Gasteiger partial charge in [-0.1, -0.05) is 30.3 Å². The van der Waals surface area contributed by atoms with Crippen molar-refractivity contribution >= 4 is 17.4 Å².